The second-order valence-corrected chi connectivity index (χ2v) is 4.08. The SMILES string of the molecule is COCCCNC(=O)CN[C@H](C)c1ccncc1. The summed E-state index contributed by atoms with van der Waals surface area (Å²) in [6.07, 6.45) is 4.33. The number of rotatable bonds is 8. The van der Waals surface area contributed by atoms with Crippen molar-refractivity contribution in [2.45, 2.75) is 19.4 Å². The summed E-state index contributed by atoms with van der Waals surface area (Å²) in [5.41, 5.74) is 1.12. The molecule has 5 heteroatoms. The number of carbonyl (C=O) groups excluding carboxylic acids is 1. The Kier molecular flexibility index (Phi) is 6.98. The second-order valence-electron chi connectivity index (χ2n) is 4.08. The summed E-state index contributed by atoms with van der Waals surface area (Å²) in [4.78, 5) is 15.5. The van der Waals surface area contributed by atoms with Crippen molar-refractivity contribution in [3.63, 3.8) is 0 Å². The standard InChI is InChI=1S/C13H21N3O2/c1-11(12-4-7-14-8-5-12)16-10-13(17)15-6-3-9-18-2/h4-5,7-8,11,16H,3,6,9-10H2,1-2H3,(H,15,17)/t11-/m1/s1. The summed E-state index contributed by atoms with van der Waals surface area (Å²) in [5.74, 6) is 0.00649. The average molecular weight is 251 g/mol. The molecule has 1 aromatic heterocycles. The first-order chi connectivity index (χ1) is 8.74. The predicted molar refractivity (Wildman–Crippen MR) is 70.2 cm³/mol. The van der Waals surface area contributed by atoms with E-state index in [1.807, 2.05) is 19.1 Å². The number of nitrogens with zero attached hydrogens (tertiary/aromatic N) is 1. The van der Waals surface area contributed by atoms with Gasteiger partial charge in [0.1, 0.15) is 0 Å². The van der Waals surface area contributed by atoms with Gasteiger partial charge in [0.2, 0.25) is 5.91 Å². The maximum absolute atomic E-state index is 11.5. The topological polar surface area (TPSA) is 63.2 Å². The predicted octanol–water partition coefficient (Wildman–Crippen LogP) is 0.885. The highest BCUT2D eigenvalue weighted by Gasteiger charge is 2.06. The minimum absolute atomic E-state index is 0.00649. The normalized spacial score (nSPS) is 12.1. The van der Waals surface area contributed by atoms with Crippen molar-refractivity contribution in [2.75, 3.05) is 26.8 Å². The summed E-state index contributed by atoms with van der Waals surface area (Å²) < 4.78 is 4.91. The number of hydrogen-bond donors (Lipinski definition) is 2. The van der Waals surface area contributed by atoms with Gasteiger partial charge in [0.05, 0.1) is 6.54 Å². The van der Waals surface area contributed by atoms with Crippen LogP contribution in [0.25, 0.3) is 0 Å². The first-order valence-electron chi connectivity index (χ1n) is 6.13. The number of hydrogen-bond acceptors (Lipinski definition) is 4. The van der Waals surface area contributed by atoms with Gasteiger partial charge in [0.15, 0.2) is 0 Å². The van der Waals surface area contributed by atoms with Crippen LogP contribution in [-0.4, -0.2) is 37.7 Å². The van der Waals surface area contributed by atoms with Crippen molar-refractivity contribution in [3.8, 4) is 0 Å². The molecule has 0 saturated heterocycles. The monoisotopic (exact) mass is 251 g/mol. The molecular weight excluding hydrogens is 230 g/mol. The van der Waals surface area contributed by atoms with Crippen LogP contribution in [0.3, 0.4) is 0 Å². The second kappa shape index (κ2) is 8.60. The number of carbonyl (C=O) groups is 1. The van der Waals surface area contributed by atoms with Gasteiger partial charge in [-0.2, -0.15) is 0 Å². The minimum Gasteiger partial charge on any atom is -0.385 e. The van der Waals surface area contributed by atoms with E-state index in [1.54, 1.807) is 19.5 Å². The molecule has 5 nitrogen and oxygen atoms in total. The largest absolute Gasteiger partial charge is 0.385 e. The molecule has 0 unspecified atom stereocenters. The summed E-state index contributed by atoms with van der Waals surface area (Å²) in [6, 6.07) is 4.01. The number of ether oxygens (including phenoxy) is 1. The Labute approximate surface area is 108 Å². The minimum atomic E-state index is 0.00649. The molecule has 0 radical (unpaired) electrons. The lowest BCUT2D eigenvalue weighted by molar-refractivity contribution is -0.120. The maximum atomic E-state index is 11.5. The molecule has 0 aromatic carbocycles. The third kappa shape index (κ3) is 5.75. The van der Waals surface area contributed by atoms with Gasteiger partial charge in [-0.15, -0.1) is 0 Å². The molecule has 0 fully saturated rings. The van der Waals surface area contributed by atoms with Gasteiger partial charge in [-0.05, 0) is 31.0 Å². The number of pyridine rings is 1. The third-order valence-electron chi connectivity index (χ3n) is 2.62. The van der Waals surface area contributed by atoms with E-state index in [-0.39, 0.29) is 11.9 Å². The molecule has 18 heavy (non-hydrogen) atoms. The Morgan fingerprint density at radius 2 is 2.17 bits per heavy atom. The van der Waals surface area contributed by atoms with Gasteiger partial charge in [-0.1, -0.05) is 0 Å². The Morgan fingerprint density at radius 1 is 1.44 bits per heavy atom. The Balaban J connectivity index is 2.18. The quantitative estimate of drug-likeness (QED) is 0.673. The van der Waals surface area contributed by atoms with E-state index in [9.17, 15) is 4.79 Å². The average Bonchev–Trinajstić information content (AvgIpc) is 2.42. The molecule has 1 amide bonds. The highest BCUT2D eigenvalue weighted by Crippen LogP contribution is 2.09. The highest BCUT2D eigenvalue weighted by molar-refractivity contribution is 5.77. The van der Waals surface area contributed by atoms with Gasteiger partial charge in [-0.3, -0.25) is 9.78 Å². The molecule has 0 aliphatic rings. The lowest BCUT2D eigenvalue weighted by Crippen LogP contribution is -2.35. The van der Waals surface area contributed by atoms with E-state index in [2.05, 4.69) is 15.6 Å². The molecule has 0 aliphatic heterocycles. The molecule has 0 saturated carbocycles. The number of amides is 1. The van der Waals surface area contributed by atoms with E-state index in [1.165, 1.54) is 0 Å². The fourth-order valence-electron chi connectivity index (χ4n) is 1.52. The first-order valence-corrected chi connectivity index (χ1v) is 6.13. The van der Waals surface area contributed by atoms with Crippen molar-refractivity contribution in [1.29, 1.82) is 0 Å². The molecular formula is C13H21N3O2. The maximum Gasteiger partial charge on any atom is 0.233 e. The fourth-order valence-corrected chi connectivity index (χ4v) is 1.52. The highest BCUT2D eigenvalue weighted by atomic mass is 16.5. The number of methoxy groups -OCH3 is 1. The van der Waals surface area contributed by atoms with Crippen LogP contribution in [0.1, 0.15) is 24.9 Å². The molecule has 2 N–H and O–H groups in total. The van der Waals surface area contributed by atoms with Crippen molar-refractivity contribution >= 4 is 5.91 Å². The smallest absolute Gasteiger partial charge is 0.233 e. The fraction of sp³-hybridized carbons (Fsp3) is 0.538. The van der Waals surface area contributed by atoms with E-state index in [0.29, 0.717) is 19.7 Å². The molecule has 0 aliphatic carbocycles. The third-order valence-corrected chi connectivity index (χ3v) is 2.62. The van der Waals surface area contributed by atoms with Crippen LogP contribution in [0.4, 0.5) is 0 Å². The first kappa shape index (κ1) is 14.6. The Bertz CT molecular complexity index is 343. The van der Waals surface area contributed by atoms with Gasteiger partial charge >= 0.3 is 0 Å². The summed E-state index contributed by atoms with van der Waals surface area (Å²) in [5, 5.41) is 6.00. The molecule has 1 aromatic rings. The lowest BCUT2D eigenvalue weighted by atomic mass is 10.1. The summed E-state index contributed by atoms with van der Waals surface area (Å²) >= 11 is 0. The van der Waals surface area contributed by atoms with E-state index in [4.69, 9.17) is 4.74 Å². The van der Waals surface area contributed by atoms with Crippen molar-refractivity contribution in [2.24, 2.45) is 0 Å². The van der Waals surface area contributed by atoms with Crippen LogP contribution in [-0.2, 0) is 9.53 Å². The summed E-state index contributed by atoms with van der Waals surface area (Å²) in [7, 11) is 1.65. The van der Waals surface area contributed by atoms with E-state index >= 15 is 0 Å². The number of aromatic nitrogens is 1. The summed E-state index contributed by atoms with van der Waals surface area (Å²) in [6.45, 7) is 3.66. The lowest BCUT2D eigenvalue weighted by Gasteiger charge is -2.13. The van der Waals surface area contributed by atoms with Gasteiger partial charge in [0.25, 0.3) is 0 Å². The molecule has 1 heterocycles. The van der Waals surface area contributed by atoms with Crippen molar-refractivity contribution in [3.05, 3.63) is 30.1 Å². The zero-order chi connectivity index (χ0) is 13.2. The van der Waals surface area contributed by atoms with Crippen LogP contribution in [0.2, 0.25) is 0 Å². The van der Waals surface area contributed by atoms with Gasteiger partial charge in [0, 0.05) is 38.7 Å². The molecule has 100 valence electrons. The van der Waals surface area contributed by atoms with Crippen LogP contribution < -0.4 is 10.6 Å². The van der Waals surface area contributed by atoms with Crippen molar-refractivity contribution in [1.82, 2.24) is 15.6 Å². The van der Waals surface area contributed by atoms with Crippen molar-refractivity contribution < 1.29 is 9.53 Å². The van der Waals surface area contributed by atoms with E-state index in [0.717, 1.165) is 12.0 Å². The molecule has 1 rings (SSSR count). The van der Waals surface area contributed by atoms with E-state index < -0.39 is 0 Å². The van der Waals surface area contributed by atoms with Gasteiger partial charge < -0.3 is 15.4 Å². The van der Waals surface area contributed by atoms with Crippen LogP contribution >= 0.6 is 0 Å². The number of nitrogens with one attached hydrogen (secondary N) is 2. The zero-order valence-electron chi connectivity index (χ0n) is 11.0. The molecule has 0 spiro atoms. The van der Waals surface area contributed by atoms with Gasteiger partial charge in [-0.25, -0.2) is 0 Å². The Morgan fingerprint density at radius 3 is 2.83 bits per heavy atom. The van der Waals surface area contributed by atoms with Crippen LogP contribution in [0.5, 0.6) is 0 Å². The molecule has 1 atom stereocenters. The van der Waals surface area contributed by atoms with Crippen LogP contribution in [0.15, 0.2) is 24.5 Å². The molecule has 0 bridgehead atoms. The Hall–Kier alpha value is -1.46. The van der Waals surface area contributed by atoms with Crippen LogP contribution in [0, 0.1) is 0 Å². The zero-order valence-corrected chi connectivity index (χ0v) is 11.0.